The summed E-state index contributed by atoms with van der Waals surface area (Å²) >= 11 is 0. The number of nitrogens with two attached hydrogens (primary N) is 1. The summed E-state index contributed by atoms with van der Waals surface area (Å²) in [5.74, 6) is 1.36. The third-order valence-corrected chi connectivity index (χ3v) is 3.21. The van der Waals surface area contributed by atoms with Gasteiger partial charge in [-0.25, -0.2) is 14.5 Å². The van der Waals surface area contributed by atoms with E-state index in [4.69, 9.17) is 5.73 Å². The first-order chi connectivity index (χ1) is 8.74. The Morgan fingerprint density at radius 3 is 3.06 bits per heavy atom. The Hall–Kier alpha value is -2.11. The van der Waals surface area contributed by atoms with Crippen LogP contribution >= 0.6 is 0 Å². The second kappa shape index (κ2) is 4.29. The Morgan fingerprint density at radius 1 is 1.39 bits per heavy atom. The van der Waals surface area contributed by atoms with E-state index in [-0.39, 0.29) is 5.69 Å². The van der Waals surface area contributed by atoms with Crippen molar-refractivity contribution < 1.29 is 0 Å². The molecule has 1 aliphatic heterocycles. The highest BCUT2D eigenvalue weighted by Gasteiger charge is 2.16. The lowest BCUT2D eigenvalue weighted by Gasteiger charge is -2.09. The Kier molecular flexibility index (Phi) is 2.62. The van der Waals surface area contributed by atoms with Crippen LogP contribution in [0, 0.1) is 0 Å². The van der Waals surface area contributed by atoms with Crippen molar-refractivity contribution in [1.82, 2.24) is 19.3 Å². The molecule has 0 amide bonds. The molecule has 2 aromatic heterocycles. The summed E-state index contributed by atoms with van der Waals surface area (Å²) in [7, 11) is 0. The number of anilines is 1. The number of aryl methyl sites for hydroxylation is 1. The van der Waals surface area contributed by atoms with E-state index >= 15 is 0 Å². The third-order valence-electron chi connectivity index (χ3n) is 3.21. The van der Waals surface area contributed by atoms with Gasteiger partial charge in [0.05, 0.1) is 6.54 Å². The van der Waals surface area contributed by atoms with E-state index in [1.54, 1.807) is 16.8 Å². The summed E-state index contributed by atoms with van der Waals surface area (Å²) < 4.78 is 3.28. The normalized spacial score (nSPS) is 14.4. The van der Waals surface area contributed by atoms with E-state index < -0.39 is 0 Å². The maximum atomic E-state index is 12.1. The molecule has 0 saturated carbocycles. The fourth-order valence-corrected chi connectivity index (χ4v) is 2.32. The van der Waals surface area contributed by atoms with Crippen molar-refractivity contribution in [3.8, 4) is 0 Å². The zero-order chi connectivity index (χ0) is 12.5. The van der Waals surface area contributed by atoms with Crippen LogP contribution in [-0.2, 0) is 19.5 Å². The molecule has 2 aromatic rings. The molecule has 18 heavy (non-hydrogen) atoms. The molecule has 94 valence electrons. The van der Waals surface area contributed by atoms with Gasteiger partial charge in [0.25, 0.3) is 0 Å². The molecular weight excluding hydrogens is 230 g/mol. The van der Waals surface area contributed by atoms with Gasteiger partial charge >= 0.3 is 5.69 Å². The summed E-state index contributed by atoms with van der Waals surface area (Å²) in [6.45, 7) is 1.23. The molecule has 0 saturated heterocycles. The average Bonchev–Trinajstić information content (AvgIpc) is 2.67. The van der Waals surface area contributed by atoms with Crippen LogP contribution < -0.4 is 11.4 Å². The largest absolute Gasteiger partial charge is 0.384 e. The van der Waals surface area contributed by atoms with Crippen LogP contribution in [0.5, 0.6) is 0 Å². The zero-order valence-corrected chi connectivity index (χ0v) is 10.0. The van der Waals surface area contributed by atoms with E-state index in [0.29, 0.717) is 12.4 Å². The maximum absolute atomic E-state index is 12.1. The Morgan fingerprint density at radius 2 is 2.28 bits per heavy atom. The van der Waals surface area contributed by atoms with Gasteiger partial charge in [-0.05, 0) is 30.5 Å². The molecule has 0 atom stereocenters. The molecule has 2 N–H and O–H groups in total. The van der Waals surface area contributed by atoms with Crippen molar-refractivity contribution >= 4 is 5.82 Å². The SMILES string of the molecule is Nc1cc(Cn2nc3n(c2=O)CCCC3)ccn1. The molecule has 6 nitrogen and oxygen atoms in total. The quantitative estimate of drug-likeness (QED) is 0.831. The summed E-state index contributed by atoms with van der Waals surface area (Å²) in [6, 6.07) is 3.62. The van der Waals surface area contributed by atoms with Crippen molar-refractivity contribution in [2.75, 3.05) is 5.73 Å². The Bertz CT molecular complexity index is 628. The van der Waals surface area contributed by atoms with Crippen LogP contribution in [0.1, 0.15) is 24.2 Å². The second-order valence-electron chi connectivity index (χ2n) is 4.55. The number of nitrogens with zero attached hydrogens (tertiary/aromatic N) is 4. The number of hydrogen-bond acceptors (Lipinski definition) is 4. The molecule has 3 rings (SSSR count). The number of pyridine rings is 1. The molecule has 0 unspecified atom stereocenters. The molecule has 1 aliphatic rings. The van der Waals surface area contributed by atoms with E-state index in [0.717, 1.165) is 37.2 Å². The van der Waals surface area contributed by atoms with Gasteiger partial charge in [-0.1, -0.05) is 0 Å². The van der Waals surface area contributed by atoms with E-state index in [2.05, 4.69) is 10.1 Å². The van der Waals surface area contributed by atoms with Gasteiger partial charge in [0.15, 0.2) is 0 Å². The van der Waals surface area contributed by atoms with Crippen LogP contribution in [0.3, 0.4) is 0 Å². The van der Waals surface area contributed by atoms with Crippen LogP contribution in [0.4, 0.5) is 5.82 Å². The van der Waals surface area contributed by atoms with E-state index in [1.165, 1.54) is 4.68 Å². The number of aromatic nitrogens is 4. The molecule has 6 heteroatoms. The summed E-state index contributed by atoms with van der Waals surface area (Å²) in [6.07, 6.45) is 4.70. The van der Waals surface area contributed by atoms with Crippen molar-refractivity contribution in [2.24, 2.45) is 0 Å². The second-order valence-corrected chi connectivity index (χ2v) is 4.55. The molecular formula is C12H15N5O. The van der Waals surface area contributed by atoms with Crippen molar-refractivity contribution in [2.45, 2.75) is 32.4 Å². The van der Waals surface area contributed by atoms with Crippen LogP contribution in [-0.4, -0.2) is 19.3 Å². The lowest BCUT2D eigenvalue weighted by atomic mass is 10.2. The molecule has 3 heterocycles. The topological polar surface area (TPSA) is 78.7 Å². The number of nitrogen functional groups attached to an aromatic ring is 1. The standard InChI is InChI=1S/C12H15N5O/c13-10-7-9(4-5-14-10)8-17-12(18)16-6-2-1-3-11(16)15-17/h4-5,7H,1-3,6,8H2,(H2,13,14). The van der Waals surface area contributed by atoms with Crippen molar-refractivity contribution in [3.05, 3.63) is 40.2 Å². The minimum absolute atomic E-state index is 0.0277. The highest BCUT2D eigenvalue weighted by Crippen LogP contribution is 2.10. The number of fused-ring (bicyclic) bond motifs is 1. The van der Waals surface area contributed by atoms with Crippen molar-refractivity contribution in [1.29, 1.82) is 0 Å². The lowest BCUT2D eigenvalue weighted by Crippen LogP contribution is -2.27. The fourth-order valence-electron chi connectivity index (χ4n) is 2.32. The maximum Gasteiger partial charge on any atom is 0.346 e. The van der Waals surface area contributed by atoms with Gasteiger partial charge in [0, 0.05) is 19.2 Å². The fraction of sp³-hybridized carbons (Fsp3) is 0.417. The predicted molar refractivity (Wildman–Crippen MR) is 67.2 cm³/mol. The smallest absolute Gasteiger partial charge is 0.346 e. The van der Waals surface area contributed by atoms with Gasteiger partial charge in [-0.15, -0.1) is 0 Å². The molecule has 0 spiro atoms. The van der Waals surface area contributed by atoms with E-state index in [9.17, 15) is 4.79 Å². The molecule has 0 radical (unpaired) electrons. The molecule has 0 fully saturated rings. The third kappa shape index (κ3) is 1.90. The molecule has 0 bridgehead atoms. The number of rotatable bonds is 2. The summed E-state index contributed by atoms with van der Waals surface area (Å²) in [5, 5.41) is 4.38. The molecule has 0 aromatic carbocycles. The molecule has 0 aliphatic carbocycles. The highest BCUT2D eigenvalue weighted by molar-refractivity contribution is 5.31. The lowest BCUT2D eigenvalue weighted by molar-refractivity contribution is 0.511. The zero-order valence-electron chi connectivity index (χ0n) is 10.0. The first-order valence-corrected chi connectivity index (χ1v) is 6.11. The first kappa shape index (κ1) is 11.0. The minimum Gasteiger partial charge on any atom is -0.384 e. The van der Waals surface area contributed by atoms with Crippen LogP contribution in [0.15, 0.2) is 23.1 Å². The van der Waals surface area contributed by atoms with Crippen LogP contribution in [0.25, 0.3) is 0 Å². The predicted octanol–water partition coefficient (Wildman–Crippen LogP) is 0.407. The monoisotopic (exact) mass is 245 g/mol. The summed E-state index contributed by atoms with van der Waals surface area (Å²) in [5.41, 5.74) is 6.54. The Balaban J connectivity index is 1.94. The van der Waals surface area contributed by atoms with Gasteiger partial charge in [0.1, 0.15) is 11.6 Å². The minimum atomic E-state index is -0.0277. The van der Waals surface area contributed by atoms with Gasteiger partial charge < -0.3 is 5.73 Å². The summed E-state index contributed by atoms with van der Waals surface area (Å²) in [4.78, 5) is 16.1. The van der Waals surface area contributed by atoms with Crippen LogP contribution in [0.2, 0.25) is 0 Å². The first-order valence-electron chi connectivity index (χ1n) is 6.11. The van der Waals surface area contributed by atoms with Gasteiger partial charge in [0.2, 0.25) is 0 Å². The Labute approximate surface area is 104 Å². The van der Waals surface area contributed by atoms with Crippen molar-refractivity contribution in [3.63, 3.8) is 0 Å². The number of hydrogen-bond donors (Lipinski definition) is 1. The average molecular weight is 245 g/mol. The van der Waals surface area contributed by atoms with Gasteiger partial charge in [-0.3, -0.25) is 4.57 Å². The van der Waals surface area contributed by atoms with Gasteiger partial charge in [-0.2, -0.15) is 5.10 Å². The highest BCUT2D eigenvalue weighted by atomic mass is 16.2. The van der Waals surface area contributed by atoms with E-state index in [1.807, 2.05) is 6.07 Å².